The number of nitrogens with one attached hydrogen (secondary N) is 1. The van der Waals surface area contributed by atoms with Crippen LogP contribution in [0.5, 0.6) is 0 Å². The third-order valence-corrected chi connectivity index (χ3v) is 4.83. The monoisotopic (exact) mass is 442 g/mol. The summed E-state index contributed by atoms with van der Waals surface area (Å²) in [7, 11) is 4.04. The molecule has 1 N–H and O–H groups in total. The Morgan fingerprint density at radius 1 is 1.11 bits per heavy atom. The minimum absolute atomic E-state index is 0. The predicted molar refractivity (Wildman–Crippen MR) is 113 cm³/mol. The van der Waals surface area contributed by atoms with E-state index in [0.717, 1.165) is 37.8 Å². The van der Waals surface area contributed by atoms with Crippen LogP contribution < -0.4 is 5.32 Å². The largest absolute Gasteiger partial charge is 0.318 e. The van der Waals surface area contributed by atoms with E-state index >= 15 is 0 Å². The topological polar surface area (TPSA) is 33.1 Å². The normalized spacial score (nSPS) is 15.5. The van der Waals surface area contributed by atoms with Crippen molar-refractivity contribution in [3.63, 3.8) is 0 Å². The number of halogens is 5. The summed E-state index contributed by atoms with van der Waals surface area (Å²) in [5, 5.41) is 3.37. The van der Waals surface area contributed by atoms with Gasteiger partial charge in [0.2, 0.25) is 0 Å². The Morgan fingerprint density at radius 3 is 2.30 bits per heavy atom. The lowest BCUT2D eigenvalue weighted by Gasteiger charge is -2.28. The predicted octanol–water partition coefficient (Wildman–Crippen LogP) is 4.64. The van der Waals surface area contributed by atoms with Gasteiger partial charge in [-0.1, -0.05) is 0 Å². The van der Waals surface area contributed by atoms with Crippen LogP contribution in [0, 0.1) is 11.6 Å². The standard InChI is InChI=1S/C18H24F2N4.3ClH/c1-12(23(2)3)24-11-17(14-4-5-15(19)16(20)10-14)22-18(24)13-6-8-21-9-7-13;;;/h4-5,10-13,21H,6-9H2,1-3H3;3*1H. The zero-order valence-corrected chi connectivity index (χ0v) is 18.1. The number of piperidine rings is 1. The van der Waals surface area contributed by atoms with Crippen molar-refractivity contribution in [2.75, 3.05) is 27.2 Å². The van der Waals surface area contributed by atoms with Crippen LogP contribution in [0.3, 0.4) is 0 Å². The summed E-state index contributed by atoms with van der Waals surface area (Å²) < 4.78 is 29.0. The zero-order valence-electron chi connectivity index (χ0n) is 15.6. The second-order valence-electron chi connectivity index (χ2n) is 6.64. The molecule has 2 aromatic rings. The fourth-order valence-electron chi connectivity index (χ4n) is 3.13. The van der Waals surface area contributed by atoms with E-state index in [0.29, 0.717) is 17.2 Å². The van der Waals surface area contributed by atoms with Crippen molar-refractivity contribution in [1.82, 2.24) is 19.8 Å². The lowest BCUT2D eigenvalue weighted by Crippen LogP contribution is -2.30. The number of hydrogen-bond donors (Lipinski definition) is 1. The molecule has 1 aliphatic heterocycles. The maximum atomic E-state index is 13.6. The van der Waals surface area contributed by atoms with Crippen LogP contribution in [-0.2, 0) is 0 Å². The van der Waals surface area contributed by atoms with Gasteiger partial charge in [-0.15, -0.1) is 37.2 Å². The molecule has 1 aromatic carbocycles. The summed E-state index contributed by atoms with van der Waals surface area (Å²) in [4.78, 5) is 6.91. The fraction of sp³-hybridized carbons (Fsp3) is 0.500. The molecule has 2 heterocycles. The molecule has 154 valence electrons. The van der Waals surface area contributed by atoms with Crippen LogP contribution in [0.15, 0.2) is 24.4 Å². The van der Waals surface area contributed by atoms with Crippen molar-refractivity contribution < 1.29 is 8.78 Å². The third kappa shape index (κ3) is 5.78. The summed E-state index contributed by atoms with van der Waals surface area (Å²) >= 11 is 0. The van der Waals surface area contributed by atoms with Gasteiger partial charge in [-0.05, 0) is 65.1 Å². The first-order valence-electron chi connectivity index (χ1n) is 8.38. The molecule has 1 unspecified atom stereocenters. The van der Waals surface area contributed by atoms with Crippen LogP contribution >= 0.6 is 37.2 Å². The minimum atomic E-state index is -0.842. The van der Waals surface area contributed by atoms with E-state index in [2.05, 4.69) is 21.7 Å². The first kappa shape index (κ1) is 26.1. The highest BCUT2D eigenvalue weighted by Gasteiger charge is 2.24. The molecule has 1 atom stereocenters. The van der Waals surface area contributed by atoms with Gasteiger partial charge in [0.25, 0.3) is 0 Å². The first-order chi connectivity index (χ1) is 11.5. The molecule has 3 rings (SSSR count). The van der Waals surface area contributed by atoms with E-state index in [1.165, 1.54) is 6.07 Å². The third-order valence-electron chi connectivity index (χ3n) is 4.83. The molecule has 1 aromatic heterocycles. The highest BCUT2D eigenvalue weighted by molar-refractivity contribution is 5.86. The molecule has 0 saturated carbocycles. The van der Waals surface area contributed by atoms with Gasteiger partial charge in [0, 0.05) is 17.7 Å². The molecule has 1 aliphatic rings. The summed E-state index contributed by atoms with van der Waals surface area (Å²) in [5.74, 6) is -0.269. The van der Waals surface area contributed by atoms with E-state index in [4.69, 9.17) is 4.98 Å². The summed E-state index contributed by atoms with van der Waals surface area (Å²) in [6.45, 7) is 4.07. The Bertz CT molecular complexity index is 719. The van der Waals surface area contributed by atoms with Gasteiger partial charge >= 0.3 is 0 Å². The molecule has 1 fully saturated rings. The SMILES string of the molecule is CC(N(C)C)n1cc(-c2ccc(F)c(F)c2)nc1C1CCNCC1.Cl.Cl.Cl. The van der Waals surface area contributed by atoms with Gasteiger partial charge in [-0.3, -0.25) is 4.90 Å². The number of benzene rings is 1. The molecule has 0 aliphatic carbocycles. The zero-order chi connectivity index (χ0) is 17.3. The van der Waals surface area contributed by atoms with Crippen LogP contribution in [0.4, 0.5) is 8.78 Å². The number of rotatable bonds is 4. The molecule has 0 bridgehead atoms. The van der Waals surface area contributed by atoms with E-state index in [1.807, 2.05) is 20.3 Å². The highest BCUT2D eigenvalue weighted by Crippen LogP contribution is 2.31. The van der Waals surface area contributed by atoms with Crippen LogP contribution in [0.1, 0.15) is 37.7 Å². The Morgan fingerprint density at radius 2 is 1.74 bits per heavy atom. The molecular formula is C18H27Cl3F2N4. The Kier molecular flexibility index (Phi) is 10.8. The van der Waals surface area contributed by atoms with Crippen molar-refractivity contribution >= 4 is 37.2 Å². The minimum Gasteiger partial charge on any atom is -0.318 e. The van der Waals surface area contributed by atoms with Crippen molar-refractivity contribution in [1.29, 1.82) is 0 Å². The van der Waals surface area contributed by atoms with E-state index in [9.17, 15) is 8.78 Å². The van der Waals surface area contributed by atoms with Gasteiger partial charge in [-0.2, -0.15) is 0 Å². The van der Waals surface area contributed by atoms with Gasteiger partial charge < -0.3 is 9.88 Å². The van der Waals surface area contributed by atoms with Crippen molar-refractivity contribution in [2.45, 2.75) is 31.8 Å². The molecule has 0 spiro atoms. The molecule has 9 heteroatoms. The summed E-state index contributed by atoms with van der Waals surface area (Å²) in [6.07, 6.45) is 4.17. The average molecular weight is 444 g/mol. The second kappa shape index (κ2) is 11.2. The van der Waals surface area contributed by atoms with E-state index in [-0.39, 0.29) is 43.4 Å². The van der Waals surface area contributed by atoms with Crippen LogP contribution in [0.25, 0.3) is 11.3 Å². The van der Waals surface area contributed by atoms with Crippen molar-refractivity contribution in [3.05, 3.63) is 41.9 Å². The Hall–Kier alpha value is -0.920. The molecule has 4 nitrogen and oxygen atoms in total. The Labute approximate surface area is 178 Å². The van der Waals surface area contributed by atoms with Crippen LogP contribution in [-0.4, -0.2) is 41.6 Å². The van der Waals surface area contributed by atoms with Gasteiger partial charge in [0.15, 0.2) is 11.6 Å². The molecule has 0 amide bonds. The number of aromatic nitrogens is 2. The highest BCUT2D eigenvalue weighted by atomic mass is 35.5. The summed E-state index contributed by atoms with van der Waals surface area (Å²) in [5.41, 5.74) is 1.30. The first-order valence-corrected chi connectivity index (χ1v) is 8.38. The van der Waals surface area contributed by atoms with Crippen molar-refractivity contribution in [3.8, 4) is 11.3 Å². The molecule has 1 saturated heterocycles. The van der Waals surface area contributed by atoms with Gasteiger partial charge in [0.05, 0.1) is 11.9 Å². The summed E-state index contributed by atoms with van der Waals surface area (Å²) in [6, 6.07) is 3.95. The van der Waals surface area contributed by atoms with Gasteiger partial charge in [-0.25, -0.2) is 13.8 Å². The fourth-order valence-corrected chi connectivity index (χ4v) is 3.13. The maximum absolute atomic E-state index is 13.6. The van der Waals surface area contributed by atoms with Crippen LogP contribution in [0.2, 0.25) is 0 Å². The molecular weight excluding hydrogens is 417 g/mol. The number of hydrogen-bond acceptors (Lipinski definition) is 3. The van der Waals surface area contributed by atoms with E-state index < -0.39 is 11.6 Å². The van der Waals surface area contributed by atoms with Gasteiger partial charge in [0.1, 0.15) is 5.82 Å². The Balaban J connectivity index is 0.00000225. The molecule has 0 radical (unpaired) electrons. The van der Waals surface area contributed by atoms with E-state index in [1.54, 1.807) is 6.07 Å². The second-order valence-corrected chi connectivity index (χ2v) is 6.64. The quantitative estimate of drug-likeness (QED) is 0.747. The van der Waals surface area contributed by atoms with Crippen molar-refractivity contribution in [2.24, 2.45) is 0 Å². The number of nitrogens with zero attached hydrogens (tertiary/aromatic N) is 3. The average Bonchev–Trinajstić information content (AvgIpc) is 3.02. The lowest BCUT2D eigenvalue weighted by molar-refractivity contribution is 0.228. The smallest absolute Gasteiger partial charge is 0.159 e. The number of imidazole rings is 1. The maximum Gasteiger partial charge on any atom is 0.159 e. The molecule has 27 heavy (non-hydrogen) atoms. The lowest BCUT2D eigenvalue weighted by atomic mass is 9.97.